The molecule has 0 bridgehead atoms. The molecule has 1 aromatic rings. The van der Waals surface area contributed by atoms with E-state index in [0.29, 0.717) is 12.5 Å². The lowest BCUT2D eigenvalue weighted by atomic mass is 10.1. The molecule has 4 nitrogen and oxygen atoms in total. The third-order valence-corrected chi connectivity index (χ3v) is 2.54. The Morgan fingerprint density at radius 1 is 1.47 bits per heavy atom. The molecule has 17 heavy (non-hydrogen) atoms. The van der Waals surface area contributed by atoms with Crippen molar-refractivity contribution in [3.8, 4) is 0 Å². The number of aliphatic hydroxyl groups excluding tert-OH is 1. The summed E-state index contributed by atoms with van der Waals surface area (Å²) in [5.74, 6) is 0.562. The van der Waals surface area contributed by atoms with Crippen molar-refractivity contribution in [3.05, 3.63) is 24.0 Å². The second kappa shape index (κ2) is 7.25. The first-order valence-electron chi connectivity index (χ1n) is 5.96. The maximum atomic E-state index is 9.33. The lowest BCUT2D eigenvalue weighted by molar-refractivity contribution is 0.204. The fraction of sp³-hybridized carbons (Fsp3) is 0.615. The average Bonchev–Trinajstić information content (AvgIpc) is 2.34. The van der Waals surface area contributed by atoms with Gasteiger partial charge >= 0.3 is 0 Å². The van der Waals surface area contributed by atoms with Crippen molar-refractivity contribution in [3.63, 3.8) is 0 Å². The van der Waals surface area contributed by atoms with Gasteiger partial charge in [-0.05, 0) is 12.0 Å². The Morgan fingerprint density at radius 3 is 2.82 bits per heavy atom. The number of methoxy groups -OCH3 is 1. The van der Waals surface area contributed by atoms with E-state index in [1.807, 2.05) is 6.07 Å². The van der Waals surface area contributed by atoms with Gasteiger partial charge in [0.2, 0.25) is 0 Å². The van der Waals surface area contributed by atoms with Gasteiger partial charge in [-0.3, -0.25) is 4.98 Å². The third kappa shape index (κ3) is 4.32. The van der Waals surface area contributed by atoms with E-state index in [4.69, 9.17) is 4.74 Å². The van der Waals surface area contributed by atoms with Crippen molar-refractivity contribution in [1.82, 2.24) is 4.98 Å². The fourth-order valence-corrected chi connectivity index (χ4v) is 1.80. The number of hydrogen-bond acceptors (Lipinski definition) is 4. The highest BCUT2D eigenvalue weighted by Crippen LogP contribution is 2.20. The first-order valence-corrected chi connectivity index (χ1v) is 5.96. The molecule has 0 saturated heterocycles. The zero-order valence-corrected chi connectivity index (χ0v) is 10.9. The summed E-state index contributed by atoms with van der Waals surface area (Å²) < 4.78 is 5.13. The molecule has 1 N–H and O–H groups in total. The molecule has 0 radical (unpaired) electrons. The summed E-state index contributed by atoms with van der Waals surface area (Å²) in [7, 11) is 1.70. The van der Waals surface area contributed by atoms with E-state index < -0.39 is 0 Å². The summed E-state index contributed by atoms with van der Waals surface area (Å²) in [5, 5.41) is 9.33. The van der Waals surface area contributed by atoms with Crippen LogP contribution < -0.4 is 4.90 Å². The molecule has 0 unspecified atom stereocenters. The smallest absolute Gasteiger partial charge is 0.0717 e. The number of aliphatic hydroxyl groups is 1. The molecule has 0 aliphatic heterocycles. The lowest BCUT2D eigenvalue weighted by Crippen LogP contribution is -2.31. The second-order valence-corrected chi connectivity index (χ2v) is 4.50. The number of aromatic nitrogens is 1. The van der Waals surface area contributed by atoms with Crippen LogP contribution in [-0.2, 0) is 11.3 Å². The molecule has 1 aromatic heterocycles. The first kappa shape index (κ1) is 13.9. The van der Waals surface area contributed by atoms with E-state index in [-0.39, 0.29) is 6.61 Å². The van der Waals surface area contributed by atoms with Gasteiger partial charge in [0, 0.05) is 43.8 Å². The van der Waals surface area contributed by atoms with Crippen LogP contribution in [0.25, 0.3) is 0 Å². The molecule has 0 atom stereocenters. The number of pyridine rings is 1. The van der Waals surface area contributed by atoms with E-state index >= 15 is 0 Å². The number of anilines is 1. The van der Waals surface area contributed by atoms with Crippen LogP contribution in [0.1, 0.15) is 19.4 Å². The zero-order chi connectivity index (χ0) is 12.7. The molecule has 0 aliphatic carbocycles. The molecule has 96 valence electrons. The molecule has 4 heteroatoms. The quantitative estimate of drug-likeness (QED) is 0.785. The van der Waals surface area contributed by atoms with Crippen molar-refractivity contribution in [2.24, 2.45) is 5.92 Å². The maximum absolute atomic E-state index is 9.33. The van der Waals surface area contributed by atoms with Crippen molar-refractivity contribution in [2.75, 3.05) is 31.7 Å². The van der Waals surface area contributed by atoms with Crippen LogP contribution in [0, 0.1) is 5.92 Å². The lowest BCUT2D eigenvalue weighted by Gasteiger charge is -2.28. The summed E-state index contributed by atoms with van der Waals surface area (Å²) in [4.78, 5) is 6.28. The fourth-order valence-electron chi connectivity index (χ4n) is 1.80. The molecule has 0 spiro atoms. The number of nitrogens with zero attached hydrogens (tertiary/aromatic N) is 2. The van der Waals surface area contributed by atoms with Crippen molar-refractivity contribution < 1.29 is 9.84 Å². The van der Waals surface area contributed by atoms with Crippen molar-refractivity contribution in [2.45, 2.75) is 20.5 Å². The zero-order valence-electron chi connectivity index (χ0n) is 10.9. The van der Waals surface area contributed by atoms with E-state index in [9.17, 15) is 5.11 Å². The molecule has 0 aliphatic rings. The summed E-state index contributed by atoms with van der Waals surface area (Å²) >= 11 is 0. The van der Waals surface area contributed by atoms with E-state index in [1.165, 1.54) is 0 Å². The number of hydrogen-bond donors (Lipinski definition) is 1. The third-order valence-electron chi connectivity index (χ3n) is 2.54. The van der Waals surface area contributed by atoms with Crippen LogP contribution >= 0.6 is 0 Å². The Bertz CT molecular complexity index is 329. The Kier molecular flexibility index (Phi) is 5.94. The van der Waals surface area contributed by atoms with Gasteiger partial charge in [-0.15, -0.1) is 0 Å². The molecular weight excluding hydrogens is 216 g/mol. The van der Waals surface area contributed by atoms with Crippen LogP contribution in [0.4, 0.5) is 5.69 Å². The SMILES string of the molecule is COCCN(CC(C)C)c1ccncc1CO. The molecule has 0 fully saturated rings. The van der Waals surface area contributed by atoms with Crippen LogP contribution in [0.5, 0.6) is 0 Å². The van der Waals surface area contributed by atoms with Crippen molar-refractivity contribution in [1.29, 1.82) is 0 Å². The van der Waals surface area contributed by atoms with Gasteiger partial charge in [-0.2, -0.15) is 0 Å². The van der Waals surface area contributed by atoms with Crippen LogP contribution in [-0.4, -0.2) is 36.9 Å². The minimum absolute atomic E-state index is 0.0186. The predicted octanol–water partition coefficient (Wildman–Crippen LogP) is 1.68. The molecule has 0 aromatic carbocycles. The number of rotatable bonds is 7. The maximum Gasteiger partial charge on any atom is 0.0717 e. The highest BCUT2D eigenvalue weighted by molar-refractivity contribution is 5.52. The summed E-state index contributed by atoms with van der Waals surface area (Å²) in [6.07, 6.45) is 3.48. The summed E-state index contributed by atoms with van der Waals surface area (Å²) in [5.41, 5.74) is 1.91. The Hall–Kier alpha value is -1.13. The molecular formula is C13H22N2O2. The van der Waals surface area contributed by atoms with E-state index in [2.05, 4.69) is 23.7 Å². The standard InChI is InChI=1S/C13H22N2O2/c1-11(2)9-15(6-7-17-3)13-4-5-14-8-12(13)10-16/h4-5,8,11,16H,6-7,9-10H2,1-3H3. The number of ether oxygens (including phenoxy) is 1. The molecule has 0 saturated carbocycles. The molecule has 1 rings (SSSR count). The largest absolute Gasteiger partial charge is 0.392 e. The van der Waals surface area contributed by atoms with Gasteiger partial charge in [-0.1, -0.05) is 13.8 Å². The summed E-state index contributed by atoms with van der Waals surface area (Å²) in [6, 6.07) is 1.95. The van der Waals surface area contributed by atoms with E-state index in [1.54, 1.807) is 19.5 Å². The van der Waals surface area contributed by atoms with Gasteiger partial charge in [0.05, 0.1) is 13.2 Å². The van der Waals surface area contributed by atoms with Gasteiger partial charge < -0.3 is 14.7 Å². The van der Waals surface area contributed by atoms with Crippen LogP contribution in [0.3, 0.4) is 0 Å². The molecule has 0 amide bonds. The van der Waals surface area contributed by atoms with Crippen LogP contribution in [0.15, 0.2) is 18.5 Å². The van der Waals surface area contributed by atoms with Gasteiger partial charge in [-0.25, -0.2) is 0 Å². The minimum atomic E-state index is 0.0186. The Morgan fingerprint density at radius 2 is 2.24 bits per heavy atom. The van der Waals surface area contributed by atoms with Crippen LogP contribution in [0.2, 0.25) is 0 Å². The summed E-state index contributed by atoms with van der Waals surface area (Å²) in [6.45, 7) is 6.83. The second-order valence-electron chi connectivity index (χ2n) is 4.50. The molecule has 1 heterocycles. The van der Waals surface area contributed by atoms with E-state index in [0.717, 1.165) is 24.3 Å². The Balaban J connectivity index is 2.86. The normalized spacial score (nSPS) is 10.9. The minimum Gasteiger partial charge on any atom is -0.392 e. The first-order chi connectivity index (χ1) is 8.19. The predicted molar refractivity (Wildman–Crippen MR) is 69.1 cm³/mol. The average molecular weight is 238 g/mol. The topological polar surface area (TPSA) is 45.6 Å². The van der Waals surface area contributed by atoms with Gasteiger partial charge in [0.15, 0.2) is 0 Å². The monoisotopic (exact) mass is 238 g/mol. The van der Waals surface area contributed by atoms with Gasteiger partial charge in [0.1, 0.15) is 0 Å². The van der Waals surface area contributed by atoms with Gasteiger partial charge in [0.25, 0.3) is 0 Å². The van der Waals surface area contributed by atoms with Crippen molar-refractivity contribution >= 4 is 5.69 Å². The highest BCUT2D eigenvalue weighted by Gasteiger charge is 2.12. The Labute approximate surface area is 103 Å². The highest BCUT2D eigenvalue weighted by atomic mass is 16.5.